The lowest BCUT2D eigenvalue weighted by molar-refractivity contribution is -0.140. The molecule has 0 aromatic carbocycles. The fourth-order valence-electron chi connectivity index (χ4n) is 4.02. The lowest BCUT2D eigenvalue weighted by Crippen LogP contribution is -2.46. The molecule has 2 aliphatic rings. The highest BCUT2D eigenvalue weighted by Gasteiger charge is 2.30. The number of piperidine rings is 1. The van der Waals surface area contributed by atoms with Crippen molar-refractivity contribution in [2.24, 2.45) is 11.8 Å². The van der Waals surface area contributed by atoms with Gasteiger partial charge in [-0.05, 0) is 31.6 Å². The van der Waals surface area contributed by atoms with E-state index in [2.05, 4.69) is 24.0 Å². The van der Waals surface area contributed by atoms with Crippen LogP contribution in [0, 0.1) is 11.8 Å². The molecule has 0 bridgehead atoms. The average Bonchev–Trinajstić information content (AvgIpc) is 3.08. The van der Waals surface area contributed by atoms with Crippen molar-refractivity contribution in [3.63, 3.8) is 0 Å². The van der Waals surface area contributed by atoms with Gasteiger partial charge in [0.2, 0.25) is 11.8 Å². The van der Waals surface area contributed by atoms with Crippen LogP contribution in [0.25, 0.3) is 0 Å². The first-order chi connectivity index (χ1) is 12.6. The maximum atomic E-state index is 12.7. The molecule has 1 atom stereocenters. The molecular formula is C20H33N3O3. The van der Waals surface area contributed by atoms with Crippen molar-refractivity contribution in [2.45, 2.75) is 77.7 Å². The highest BCUT2D eigenvalue weighted by Crippen LogP contribution is 2.27. The van der Waals surface area contributed by atoms with Crippen LogP contribution in [0.1, 0.15) is 70.5 Å². The van der Waals surface area contributed by atoms with Crippen molar-refractivity contribution in [2.75, 3.05) is 19.7 Å². The lowest BCUT2D eigenvalue weighted by Gasteiger charge is -2.35. The molecular weight excluding hydrogens is 330 g/mol. The second kappa shape index (κ2) is 9.49. The van der Waals surface area contributed by atoms with E-state index < -0.39 is 0 Å². The number of amides is 1. The molecule has 1 aliphatic carbocycles. The van der Waals surface area contributed by atoms with Crippen LogP contribution in [0.5, 0.6) is 0 Å². The molecule has 1 aromatic rings. The van der Waals surface area contributed by atoms with Gasteiger partial charge in [-0.25, -0.2) is 0 Å². The molecule has 1 saturated heterocycles. The predicted octanol–water partition coefficient (Wildman–Crippen LogP) is 3.40. The average molecular weight is 364 g/mol. The Bertz CT molecular complexity index is 566. The molecule has 6 heteroatoms. The third-order valence-corrected chi connectivity index (χ3v) is 5.42. The molecule has 1 unspecified atom stereocenters. The van der Waals surface area contributed by atoms with Crippen LogP contribution in [0.3, 0.4) is 0 Å². The summed E-state index contributed by atoms with van der Waals surface area (Å²) in [6.45, 7) is 6.47. The largest absolute Gasteiger partial charge is 0.376 e. The summed E-state index contributed by atoms with van der Waals surface area (Å²) in [6.07, 6.45) is 9.49. The number of hydrogen-bond donors (Lipinski definition) is 0. The smallest absolute Gasteiger partial charge is 0.226 e. The fraction of sp³-hybridized carbons (Fsp3) is 0.850. The summed E-state index contributed by atoms with van der Waals surface area (Å²) in [4.78, 5) is 19.2. The maximum Gasteiger partial charge on any atom is 0.226 e. The van der Waals surface area contributed by atoms with E-state index >= 15 is 0 Å². The van der Waals surface area contributed by atoms with Crippen LogP contribution in [0.4, 0.5) is 0 Å². The summed E-state index contributed by atoms with van der Waals surface area (Å²) in [6, 6.07) is 0. The highest BCUT2D eigenvalue weighted by molar-refractivity contribution is 5.79. The number of nitrogens with zero attached hydrogens (tertiary/aromatic N) is 3. The Balaban J connectivity index is 1.40. The SMILES string of the molecule is CC(C)Cc1nc(CCOC2CCCN(C(=O)C3CCCCC3)C2)no1. The minimum absolute atomic E-state index is 0.137. The zero-order valence-electron chi connectivity index (χ0n) is 16.3. The van der Waals surface area contributed by atoms with Crippen molar-refractivity contribution >= 4 is 5.91 Å². The van der Waals surface area contributed by atoms with E-state index in [0.29, 0.717) is 36.6 Å². The van der Waals surface area contributed by atoms with Crippen molar-refractivity contribution < 1.29 is 14.1 Å². The summed E-state index contributed by atoms with van der Waals surface area (Å²) in [5.41, 5.74) is 0. The Hall–Kier alpha value is -1.43. The normalized spacial score (nSPS) is 22.1. The molecule has 146 valence electrons. The molecule has 2 heterocycles. The van der Waals surface area contributed by atoms with Gasteiger partial charge in [0, 0.05) is 31.8 Å². The first-order valence-corrected chi connectivity index (χ1v) is 10.3. The predicted molar refractivity (Wildman–Crippen MR) is 98.7 cm³/mol. The van der Waals surface area contributed by atoms with Gasteiger partial charge >= 0.3 is 0 Å². The molecule has 1 amide bonds. The Labute approximate surface area is 156 Å². The van der Waals surface area contributed by atoms with Gasteiger partial charge in [0.05, 0.1) is 12.7 Å². The number of hydrogen-bond acceptors (Lipinski definition) is 5. The van der Waals surface area contributed by atoms with Gasteiger partial charge in [-0.3, -0.25) is 4.79 Å². The van der Waals surface area contributed by atoms with Crippen molar-refractivity contribution in [3.05, 3.63) is 11.7 Å². The molecule has 1 aliphatic heterocycles. The summed E-state index contributed by atoms with van der Waals surface area (Å²) < 4.78 is 11.3. The highest BCUT2D eigenvalue weighted by atomic mass is 16.5. The van der Waals surface area contributed by atoms with Crippen LogP contribution >= 0.6 is 0 Å². The van der Waals surface area contributed by atoms with Crippen LogP contribution in [0.2, 0.25) is 0 Å². The Kier molecular flexibility index (Phi) is 7.06. The van der Waals surface area contributed by atoms with Crippen LogP contribution in [0.15, 0.2) is 4.52 Å². The summed E-state index contributed by atoms with van der Waals surface area (Å²) in [5.74, 6) is 2.54. The fourth-order valence-corrected chi connectivity index (χ4v) is 4.02. The first kappa shape index (κ1) is 19.3. The number of carbonyl (C=O) groups excluding carboxylic acids is 1. The van der Waals surface area contributed by atoms with Gasteiger partial charge < -0.3 is 14.2 Å². The Morgan fingerprint density at radius 3 is 2.81 bits per heavy atom. The van der Waals surface area contributed by atoms with Gasteiger partial charge in [0.25, 0.3) is 0 Å². The van der Waals surface area contributed by atoms with E-state index in [1.165, 1.54) is 19.3 Å². The van der Waals surface area contributed by atoms with Crippen LogP contribution in [-0.2, 0) is 22.4 Å². The third kappa shape index (κ3) is 5.53. The van der Waals surface area contributed by atoms with Gasteiger partial charge in [0.15, 0.2) is 5.82 Å². The quantitative estimate of drug-likeness (QED) is 0.743. The van der Waals surface area contributed by atoms with Gasteiger partial charge in [-0.15, -0.1) is 0 Å². The second-order valence-electron chi connectivity index (χ2n) is 8.21. The van der Waals surface area contributed by atoms with Crippen LogP contribution in [-0.4, -0.2) is 46.7 Å². The zero-order valence-corrected chi connectivity index (χ0v) is 16.3. The van der Waals surface area contributed by atoms with E-state index in [4.69, 9.17) is 9.26 Å². The van der Waals surface area contributed by atoms with E-state index in [0.717, 1.165) is 45.2 Å². The number of aromatic nitrogens is 2. The molecule has 6 nitrogen and oxygen atoms in total. The van der Waals surface area contributed by atoms with Crippen molar-refractivity contribution in [1.82, 2.24) is 15.0 Å². The second-order valence-corrected chi connectivity index (χ2v) is 8.21. The summed E-state index contributed by atoms with van der Waals surface area (Å²) in [5, 5.41) is 4.03. The monoisotopic (exact) mass is 363 g/mol. The number of carbonyl (C=O) groups is 1. The molecule has 0 radical (unpaired) electrons. The molecule has 1 saturated carbocycles. The number of ether oxygens (including phenoxy) is 1. The minimum atomic E-state index is 0.137. The summed E-state index contributed by atoms with van der Waals surface area (Å²) >= 11 is 0. The van der Waals surface area contributed by atoms with Gasteiger partial charge in [-0.2, -0.15) is 4.98 Å². The van der Waals surface area contributed by atoms with E-state index in [1.54, 1.807) is 0 Å². The van der Waals surface area contributed by atoms with E-state index in [1.807, 2.05) is 4.90 Å². The van der Waals surface area contributed by atoms with Crippen LogP contribution < -0.4 is 0 Å². The van der Waals surface area contributed by atoms with Gasteiger partial charge in [0.1, 0.15) is 0 Å². The molecule has 1 aromatic heterocycles. The van der Waals surface area contributed by atoms with Crippen molar-refractivity contribution in [3.8, 4) is 0 Å². The third-order valence-electron chi connectivity index (χ3n) is 5.42. The molecule has 2 fully saturated rings. The minimum Gasteiger partial charge on any atom is -0.376 e. The molecule has 26 heavy (non-hydrogen) atoms. The van der Waals surface area contributed by atoms with Gasteiger partial charge in [-0.1, -0.05) is 38.3 Å². The first-order valence-electron chi connectivity index (χ1n) is 10.3. The number of rotatable bonds is 7. The van der Waals surface area contributed by atoms with E-state index in [9.17, 15) is 4.79 Å². The summed E-state index contributed by atoms with van der Waals surface area (Å²) in [7, 11) is 0. The molecule has 0 N–H and O–H groups in total. The Morgan fingerprint density at radius 2 is 2.04 bits per heavy atom. The topological polar surface area (TPSA) is 68.5 Å². The molecule has 0 spiro atoms. The Morgan fingerprint density at radius 1 is 1.23 bits per heavy atom. The number of likely N-dealkylation sites (tertiary alicyclic amines) is 1. The van der Waals surface area contributed by atoms with E-state index in [-0.39, 0.29) is 12.0 Å². The zero-order chi connectivity index (χ0) is 18.4. The standard InChI is InChI=1S/C20H33N3O3/c1-15(2)13-19-21-18(22-26-19)10-12-25-17-9-6-11-23(14-17)20(24)16-7-4-3-5-8-16/h15-17H,3-14H2,1-2H3. The maximum absolute atomic E-state index is 12.7. The van der Waals surface area contributed by atoms with Crippen molar-refractivity contribution in [1.29, 1.82) is 0 Å². The lowest BCUT2D eigenvalue weighted by atomic mass is 9.88. The molecule has 3 rings (SSSR count).